The number of hydrogen-bond donors (Lipinski definition) is 2. The van der Waals surface area contributed by atoms with Crippen LogP contribution in [-0.4, -0.2) is 31.8 Å². The van der Waals surface area contributed by atoms with E-state index in [-0.39, 0.29) is 17.6 Å². The van der Waals surface area contributed by atoms with E-state index in [1.54, 1.807) is 6.92 Å². The van der Waals surface area contributed by atoms with Gasteiger partial charge in [-0.3, -0.25) is 9.59 Å². The van der Waals surface area contributed by atoms with Crippen LogP contribution in [0.2, 0.25) is 0 Å². The van der Waals surface area contributed by atoms with Crippen LogP contribution in [0.25, 0.3) is 0 Å². The topological polar surface area (TPSA) is 92.2 Å². The third kappa shape index (κ3) is 2.14. The molecule has 2 unspecified atom stereocenters. The van der Waals surface area contributed by atoms with Gasteiger partial charge in [-0.25, -0.2) is 0 Å². The molecule has 6 nitrogen and oxygen atoms in total. The highest BCUT2D eigenvalue weighted by molar-refractivity contribution is 6.99. The molecule has 92 valence electrons. The molecule has 1 aliphatic rings. The molecule has 1 saturated carbocycles. The summed E-state index contributed by atoms with van der Waals surface area (Å²) in [6.07, 6.45) is 3.46. The third-order valence-corrected chi connectivity index (χ3v) is 3.82. The second kappa shape index (κ2) is 4.40. The molecule has 17 heavy (non-hydrogen) atoms. The minimum Gasteiger partial charge on any atom is -0.481 e. The van der Waals surface area contributed by atoms with Gasteiger partial charge in [0.15, 0.2) is 5.69 Å². The number of nitrogens with zero attached hydrogens (tertiary/aromatic N) is 2. The van der Waals surface area contributed by atoms with Gasteiger partial charge in [-0.15, -0.1) is 0 Å². The molecule has 0 aliphatic heterocycles. The maximum Gasteiger partial charge on any atom is 0.311 e. The summed E-state index contributed by atoms with van der Waals surface area (Å²) >= 11 is 0.955. The first-order chi connectivity index (χ1) is 8.04. The lowest BCUT2D eigenvalue weighted by molar-refractivity contribution is -0.148. The Balaban J connectivity index is 2.09. The Morgan fingerprint density at radius 2 is 2.41 bits per heavy atom. The van der Waals surface area contributed by atoms with Crippen LogP contribution in [0.1, 0.15) is 36.7 Å². The summed E-state index contributed by atoms with van der Waals surface area (Å²) in [7, 11) is 0. The van der Waals surface area contributed by atoms with Crippen molar-refractivity contribution in [2.75, 3.05) is 0 Å². The summed E-state index contributed by atoms with van der Waals surface area (Å²) in [4.78, 5) is 23.0. The maximum atomic E-state index is 11.8. The Morgan fingerprint density at radius 1 is 1.65 bits per heavy atom. The van der Waals surface area contributed by atoms with Gasteiger partial charge in [-0.2, -0.15) is 8.75 Å². The number of carbonyl (C=O) groups excluding carboxylic acids is 1. The van der Waals surface area contributed by atoms with Crippen molar-refractivity contribution < 1.29 is 14.7 Å². The molecule has 1 fully saturated rings. The van der Waals surface area contributed by atoms with Gasteiger partial charge in [0.2, 0.25) is 0 Å². The highest BCUT2D eigenvalue weighted by Gasteiger charge is 2.46. The molecule has 1 amide bonds. The van der Waals surface area contributed by atoms with E-state index < -0.39 is 11.4 Å². The van der Waals surface area contributed by atoms with Crippen LogP contribution < -0.4 is 5.32 Å². The van der Waals surface area contributed by atoms with Gasteiger partial charge in [0.1, 0.15) is 0 Å². The molecule has 2 atom stereocenters. The Hall–Kier alpha value is -1.50. The van der Waals surface area contributed by atoms with Crippen molar-refractivity contribution in [1.82, 2.24) is 14.1 Å². The number of carboxylic acids is 1. The standard InChI is InChI=1S/C10H13N3O3S/c1-10(9(15)16)4-2-3-7(10)12-8(14)6-5-11-17-13-6/h5,7H,2-4H2,1H3,(H,12,14)(H,15,16). The summed E-state index contributed by atoms with van der Waals surface area (Å²) in [5, 5.41) is 11.9. The number of nitrogens with one attached hydrogen (secondary N) is 1. The lowest BCUT2D eigenvalue weighted by Crippen LogP contribution is -2.47. The van der Waals surface area contributed by atoms with Crippen molar-refractivity contribution in [3.63, 3.8) is 0 Å². The fourth-order valence-electron chi connectivity index (χ4n) is 2.15. The Bertz CT molecular complexity index is 434. The zero-order valence-corrected chi connectivity index (χ0v) is 10.2. The molecule has 2 N–H and O–H groups in total. The van der Waals surface area contributed by atoms with E-state index in [0.717, 1.165) is 18.1 Å². The van der Waals surface area contributed by atoms with E-state index in [4.69, 9.17) is 0 Å². The minimum absolute atomic E-state index is 0.245. The molecule has 0 spiro atoms. The minimum atomic E-state index is -0.876. The largest absolute Gasteiger partial charge is 0.481 e. The zero-order chi connectivity index (χ0) is 12.5. The monoisotopic (exact) mass is 255 g/mol. The predicted octanol–water partition coefficient (Wildman–Crippen LogP) is 0.911. The number of hydrogen-bond acceptors (Lipinski definition) is 5. The van der Waals surface area contributed by atoms with E-state index in [1.165, 1.54) is 6.20 Å². The molecule has 1 aromatic rings. The molecule has 1 heterocycles. The number of aliphatic carboxylic acids is 1. The van der Waals surface area contributed by atoms with E-state index >= 15 is 0 Å². The zero-order valence-electron chi connectivity index (χ0n) is 9.34. The molecule has 0 radical (unpaired) electrons. The van der Waals surface area contributed by atoms with Crippen molar-refractivity contribution in [2.45, 2.75) is 32.2 Å². The fraction of sp³-hybridized carbons (Fsp3) is 0.600. The lowest BCUT2D eigenvalue weighted by Gasteiger charge is -2.27. The lowest BCUT2D eigenvalue weighted by atomic mass is 9.85. The fourth-order valence-corrected chi connectivity index (χ4v) is 2.56. The van der Waals surface area contributed by atoms with E-state index in [9.17, 15) is 14.7 Å². The molecule has 7 heteroatoms. The van der Waals surface area contributed by atoms with Crippen molar-refractivity contribution in [3.05, 3.63) is 11.9 Å². The summed E-state index contributed by atoms with van der Waals surface area (Å²) in [5.74, 6) is -1.21. The van der Waals surface area contributed by atoms with Gasteiger partial charge >= 0.3 is 5.97 Å². The van der Waals surface area contributed by atoms with E-state index in [2.05, 4.69) is 14.1 Å². The average molecular weight is 255 g/mol. The van der Waals surface area contributed by atoms with Crippen LogP contribution in [0.4, 0.5) is 0 Å². The summed E-state index contributed by atoms with van der Waals surface area (Å²) < 4.78 is 7.56. The first-order valence-corrected chi connectivity index (χ1v) is 6.09. The number of carboxylic acid groups (broad SMARTS) is 1. The van der Waals surface area contributed by atoms with Gasteiger partial charge < -0.3 is 10.4 Å². The van der Waals surface area contributed by atoms with Gasteiger partial charge in [-0.1, -0.05) is 6.42 Å². The number of aromatic nitrogens is 2. The molecule has 0 saturated heterocycles. The Labute approximate surface area is 102 Å². The second-order valence-corrected chi connectivity index (χ2v) is 4.99. The third-order valence-electron chi connectivity index (χ3n) is 3.35. The van der Waals surface area contributed by atoms with Crippen LogP contribution >= 0.6 is 11.7 Å². The predicted molar refractivity (Wildman–Crippen MR) is 60.8 cm³/mol. The van der Waals surface area contributed by atoms with Crippen LogP contribution in [0.5, 0.6) is 0 Å². The van der Waals surface area contributed by atoms with Gasteiger partial charge in [0.25, 0.3) is 5.91 Å². The van der Waals surface area contributed by atoms with Crippen molar-refractivity contribution >= 4 is 23.6 Å². The molecule has 0 bridgehead atoms. The maximum absolute atomic E-state index is 11.8. The van der Waals surface area contributed by atoms with Gasteiger partial charge in [-0.05, 0) is 19.8 Å². The van der Waals surface area contributed by atoms with Crippen LogP contribution in [0, 0.1) is 5.41 Å². The summed E-state index contributed by atoms with van der Waals surface area (Å²) in [6.45, 7) is 1.67. The average Bonchev–Trinajstić information content (AvgIpc) is 2.89. The first-order valence-electron chi connectivity index (χ1n) is 5.36. The second-order valence-electron chi connectivity index (χ2n) is 4.43. The van der Waals surface area contributed by atoms with E-state index in [0.29, 0.717) is 12.8 Å². The summed E-state index contributed by atoms with van der Waals surface area (Å²) in [6, 6.07) is -0.339. The SMILES string of the molecule is CC1(C(=O)O)CCCC1NC(=O)c1cnsn1. The van der Waals surface area contributed by atoms with Crippen LogP contribution in [-0.2, 0) is 4.79 Å². The molecule has 0 aromatic carbocycles. The summed E-state index contributed by atoms with van der Waals surface area (Å²) in [5.41, 5.74) is -0.631. The Kier molecular flexibility index (Phi) is 3.10. The number of rotatable bonds is 3. The smallest absolute Gasteiger partial charge is 0.311 e. The molecular weight excluding hydrogens is 242 g/mol. The van der Waals surface area contributed by atoms with Gasteiger partial charge in [0, 0.05) is 6.04 Å². The normalized spacial score (nSPS) is 27.9. The quantitative estimate of drug-likeness (QED) is 0.837. The molecule has 2 rings (SSSR count). The molecule has 1 aliphatic carbocycles. The van der Waals surface area contributed by atoms with Gasteiger partial charge in [0.05, 0.1) is 23.3 Å². The van der Waals surface area contributed by atoms with Crippen molar-refractivity contribution in [3.8, 4) is 0 Å². The number of carbonyl (C=O) groups is 2. The molecular formula is C10H13N3O3S. The number of amides is 1. The Morgan fingerprint density at radius 3 is 3.00 bits per heavy atom. The van der Waals surface area contributed by atoms with Crippen LogP contribution in [0.15, 0.2) is 6.20 Å². The van der Waals surface area contributed by atoms with Crippen molar-refractivity contribution in [1.29, 1.82) is 0 Å². The first kappa shape index (κ1) is 12.0. The van der Waals surface area contributed by atoms with E-state index in [1.807, 2.05) is 0 Å². The van der Waals surface area contributed by atoms with Crippen molar-refractivity contribution in [2.24, 2.45) is 5.41 Å². The van der Waals surface area contributed by atoms with Crippen LogP contribution in [0.3, 0.4) is 0 Å². The molecule has 1 aromatic heterocycles. The highest BCUT2D eigenvalue weighted by atomic mass is 32.1. The highest BCUT2D eigenvalue weighted by Crippen LogP contribution is 2.38.